The Labute approximate surface area is 116 Å². The van der Waals surface area contributed by atoms with E-state index >= 15 is 0 Å². The van der Waals surface area contributed by atoms with Crippen LogP contribution in [0.1, 0.15) is 20.8 Å². The lowest BCUT2D eigenvalue weighted by atomic mass is 10.0. The highest BCUT2D eigenvalue weighted by Gasteiger charge is 2.26. The number of aliphatic hydroxyl groups excluding tert-OH is 1. The molecule has 19 heavy (non-hydrogen) atoms. The quantitative estimate of drug-likeness (QED) is 0.791. The number of methoxy groups -OCH3 is 1. The lowest BCUT2D eigenvalue weighted by molar-refractivity contribution is 0.170. The van der Waals surface area contributed by atoms with Crippen LogP contribution in [0.3, 0.4) is 0 Å². The largest absolute Gasteiger partial charge is 0.495 e. The summed E-state index contributed by atoms with van der Waals surface area (Å²) in [4.78, 5) is 2.10. The van der Waals surface area contributed by atoms with Gasteiger partial charge in [-0.15, -0.1) is 0 Å². The summed E-state index contributed by atoms with van der Waals surface area (Å²) in [6.45, 7) is 6.97. The third kappa shape index (κ3) is 4.40. The number of hydrogen-bond acceptors (Lipinski definition) is 4. The van der Waals surface area contributed by atoms with Crippen LogP contribution in [0.15, 0.2) is 24.3 Å². The zero-order valence-electron chi connectivity index (χ0n) is 12.6. The Bertz CT molecular complexity index is 395. The highest BCUT2D eigenvalue weighted by Crippen LogP contribution is 2.27. The van der Waals surface area contributed by atoms with Crippen LogP contribution in [-0.2, 0) is 0 Å². The molecule has 0 radical (unpaired) electrons. The van der Waals surface area contributed by atoms with Crippen LogP contribution < -0.4 is 15.0 Å². The second-order valence-corrected chi connectivity index (χ2v) is 5.55. The maximum absolute atomic E-state index is 9.64. The Balaban J connectivity index is 2.85. The van der Waals surface area contributed by atoms with Gasteiger partial charge < -0.3 is 20.1 Å². The van der Waals surface area contributed by atoms with Crippen molar-refractivity contribution in [3.05, 3.63) is 24.3 Å². The number of anilines is 1. The molecule has 0 bridgehead atoms. The average molecular weight is 266 g/mol. The molecule has 0 heterocycles. The molecule has 0 amide bonds. The van der Waals surface area contributed by atoms with Crippen molar-refractivity contribution in [2.75, 3.05) is 32.2 Å². The predicted octanol–water partition coefficient (Wildman–Crippen LogP) is 1.88. The van der Waals surface area contributed by atoms with Crippen molar-refractivity contribution in [3.8, 4) is 5.75 Å². The highest BCUT2D eigenvalue weighted by molar-refractivity contribution is 5.58. The minimum Gasteiger partial charge on any atom is -0.495 e. The van der Waals surface area contributed by atoms with Gasteiger partial charge in [0.15, 0.2) is 0 Å². The fraction of sp³-hybridized carbons (Fsp3) is 0.600. The number of nitrogens with one attached hydrogen (secondary N) is 1. The van der Waals surface area contributed by atoms with Crippen LogP contribution in [-0.4, -0.2) is 44.0 Å². The molecule has 0 saturated carbocycles. The molecule has 2 N–H and O–H groups in total. The van der Waals surface area contributed by atoms with Gasteiger partial charge in [0.25, 0.3) is 0 Å². The molecule has 1 aromatic rings. The molecule has 108 valence electrons. The molecule has 4 nitrogen and oxygen atoms in total. The van der Waals surface area contributed by atoms with Gasteiger partial charge in [0, 0.05) is 19.6 Å². The van der Waals surface area contributed by atoms with Gasteiger partial charge in [-0.05, 0) is 19.1 Å². The maximum Gasteiger partial charge on any atom is 0.142 e. The molecule has 0 aromatic heterocycles. The molecule has 1 aromatic carbocycles. The average Bonchev–Trinajstić information content (AvgIpc) is 2.37. The van der Waals surface area contributed by atoms with Crippen molar-refractivity contribution in [1.29, 1.82) is 0 Å². The van der Waals surface area contributed by atoms with Gasteiger partial charge >= 0.3 is 0 Å². The molecule has 0 fully saturated rings. The maximum atomic E-state index is 9.64. The van der Waals surface area contributed by atoms with Crippen LogP contribution in [0.4, 0.5) is 5.69 Å². The van der Waals surface area contributed by atoms with Crippen molar-refractivity contribution in [1.82, 2.24) is 5.32 Å². The van der Waals surface area contributed by atoms with E-state index in [1.807, 2.05) is 38.2 Å². The third-order valence-corrected chi connectivity index (χ3v) is 3.07. The summed E-state index contributed by atoms with van der Waals surface area (Å²) >= 11 is 0. The van der Waals surface area contributed by atoms with Gasteiger partial charge in [-0.1, -0.05) is 26.0 Å². The first-order valence-electron chi connectivity index (χ1n) is 6.64. The van der Waals surface area contributed by atoms with E-state index in [2.05, 4.69) is 24.1 Å². The number of nitrogens with zero attached hydrogens (tertiary/aromatic N) is 1. The summed E-state index contributed by atoms with van der Waals surface area (Å²) < 4.78 is 5.37. The Kier molecular flexibility index (Phi) is 5.63. The molecule has 0 spiro atoms. The van der Waals surface area contributed by atoms with E-state index < -0.39 is 0 Å². The van der Waals surface area contributed by atoms with Crippen LogP contribution in [0.5, 0.6) is 5.75 Å². The first kappa shape index (κ1) is 15.8. The fourth-order valence-electron chi connectivity index (χ4n) is 2.39. The molecule has 0 aliphatic heterocycles. The van der Waals surface area contributed by atoms with Crippen LogP contribution in [0, 0.1) is 0 Å². The normalized spacial score (nSPS) is 14.3. The minimum atomic E-state index is -0.343. The number of rotatable bonds is 7. The van der Waals surface area contributed by atoms with Gasteiger partial charge in [-0.25, -0.2) is 0 Å². The Morgan fingerprint density at radius 3 is 2.53 bits per heavy atom. The van der Waals surface area contributed by atoms with E-state index in [9.17, 15) is 5.11 Å². The van der Waals surface area contributed by atoms with E-state index in [1.54, 1.807) is 7.11 Å². The number of para-hydroxylation sites is 2. The zero-order valence-corrected chi connectivity index (χ0v) is 12.6. The molecule has 1 rings (SSSR count). The first-order chi connectivity index (χ1) is 8.91. The molecular formula is C15H26N2O2. The fourth-order valence-corrected chi connectivity index (χ4v) is 2.39. The van der Waals surface area contributed by atoms with Gasteiger partial charge in [0.1, 0.15) is 5.75 Å². The van der Waals surface area contributed by atoms with E-state index in [0.717, 1.165) is 11.4 Å². The SMILES string of the molecule is COc1ccccc1N(C)CC(C)(CO)NC(C)C. The second kappa shape index (κ2) is 6.78. The predicted molar refractivity (Wildman–Crippen MR) is 80.0 cm³/mol. The molecule has 0 aliphatic carbocycles. The van der Waals surface area contributed by atoms with Gasteiger partial charge in [-0.3, -0.25) is 0 Å². The first-order valence-corrected chi connectivity index (χ1v) is 6.64. The third-order valence-electron chi connectivity index (χ3n) is 3.07. The second-order valence-electron chi connectivity index (χ2n) is 5.55. The van der Waals surface area contributed by atoms with E-state index in [0.29, 0.717) is 12.6 Å². The summed E-state index contributed by atoms with van der Waals surface area (Å²) in [7, 11) is 3.68. The van der Waals surface area contributed by atoms with Gasteiger partial charge in [0.05, 0.1) is 24.9 Å². The van der Waals surface area contributed by atoms with Crippen molar-refractivity contribution >= 4 is 5.69 Å². The van der Waals surface area contributed by atoms with Crippen molar-refractivity contribution < 1.29 is 9.84 Å². The monoisotopic (exact) mass is 266 g/mol. The summed E-state index contributed by atoms with van der Waals surface area (Å²) in [6, 6.07) is 8.22. The molecular weight excluding hydrogens is 240 g/mol. The molecule has 1 atom stereocenters. The van der Waals surface area contributed by atoms with Crippen LogP contribution in [0.25, 0.3) is 0 Å². The summed E-state index contributed by atoms with van der Waals surface area (Å²) in [5.74, 6) is 0.842. The van der Waals surface area contributed by atoms with Crippen molar-refractivity contribution in [3.63, 3.8) is 0 Å². The summed E-state index contributed by atoms with van der Waals surface area (Å²) in [6.07, 6.45) is 0. The smallest absolute Gasteiger partial charge is 0.142 e. The molecule has 1 unspecified atom stereocenters. The highest BCUT2D eigenvalue weighted by atomic mass is 16.5. The van der Waals surface area contributed by atoms with E-state index in [-0.39, 0.29) is 12.1 Å². The molecule has 0 saturated heterocycles. The van der Waals surface area contributed by atoms with Crippen LogP contribution >= 0.6 is 0 Å². The molecule has 0 aliphatic rings. The summed E-state index contributed by atoms with van der Waals surface area (Å²) in [5.41, 5.74) is 0.680. The number of ether oxygens (including phenoxy) is 1. The number of likely N-dealkylation sites (N-methyl/N-ethyl adjacent to an activating group) is 1. The summed E-state index contributed by atoms with van der Waals surface area (Å²) in [5, 5.41) is 13.0. The molecule has 4 heteroatoms. The van der Waals surface area contributed by atoms with Gasteiger partial charge in [-0.2, -0.15) is 0 Å². The van der Waals surface area contributed by atoms with Crippen molar-refractivity contribution in [2.24, 2.45) is 0 Å². The van der Waals surface area contributed by atoms with E-state index in [4.69, 9.17) is 4.74 Å². The Morgan fingerprint density at radius 1 is 1.37 bits per heavy atom. The number of hydrogen-bond donors (Lipinski definition) is 2. The standard InChI is InChI=1S/C15H26N2O2/c1-12(2)16-15(3,11-18)10-17(4)13-8-6-7-9-14(13)19-5/h6-9,12,16,18H,10-11H2,1-5H3. The van der Waals surface area contributed by atoms with Gasteiger partial charge in [0.2, 0.25) is 0 Å². The Hall–Kier alpha value is -1.26. The van der Waals surface area contributed by atoms with Crippen molar-refractivity contribution in [2.45, 2.75) is 32.4 Å². The zero-order chi connectivity index (χ0) is 14.5. The van der Waals surface area contributed by atoms with E-state index in [1.165, 1.54) is 0 Å². The lowest BCUT2D eigenvalue weighted by Crippen LogP contribution is -2.55. The topological polar surface area (TPSA) is 44.7 Å². The van der Waals surface area contributed by atoms with Crippen LogP contribution in [0.2, 0.25) is 0 Å². The number of benzene rings is 1. The number of aliphatic hydroxyl groups is 1. The minimum absolute atomic E-state index is 0.0880. The lowest BCUT2D eigenvalue weighted by Gasteiger charge is -2.36. The Morgan fingerprint density at radius 2 is 2.00 bits per heavy atom.